The van der Waals surface area contributed by atoms with E-state index < -0.39 is 16.8 Å². The molecule has 2 saturated carbocycles. The number of pyridine rings is 1. The minimum atomic E-state index is -1.22. The van der Waals surface area contributed by atoms with Crippen LogP contribution in [0.1, 0.15) is 87.9 Å². The number of likely N-dealkylation sites (tertiary alicyclic amines) is 1. The number of halogens is 1. The van der Waals surface area contributed by atoms with Crippen molar-refractivity contribution in [3.8, 4) is 11.1 Å². The van der Waals surface area contributed by atoms with Gasteiger partial charge in [0.2, 0.25) is 5.91 Å². The molecule has 9 heteroatoms. The summed E-state index contributed by atoms with van der Waals surface area (Å²) < 4.78 is 16.5. The molecule has 2 aliphatic heterocycles. The normalized spacial score (nSPS) is 24.6. The fraction of sp³-hybridized carbons (Fsp3) is 0.639. The number of piperazine rings is 1. The molecule has 4 fully saturated rings. The smallest absolute Gasteiger partial charge is 0.256 e. The fourth-order valence-corrected chi connectivity index (χ4v) is 8.71. The second-order valence-electron chi connectivity index (χ2n) is 14.3. The third-order valence-corrected chi connectivity index (χ3v) is 11.3. The van der Waals surface area contributed by atoms with Crippen molar-refractivity contribution in [1.29, 1.82) is 0 Å². The summed E-state index contributed by atoms with van der Waals surface area (Å²) in [5.41, 5.74) is -1.38. The van der Waals surface area contributed by atoms with E-state index in [0.717, 1.165) is 32.1 Å². The van der Waals surface area contributed by atoms with E-state index in [1.807, 2.05) is 4.90 Å². The van der Waals surface area contributed by atoms with E-state index in [1.54, 1.807) is 29.3 Å². The lowest BCUT2D eigenvalue weighted by atomic mass is 9.65. The van der Waals surface area contributed by atoms with Crippen molar-refractivity contribution in [2.45, 2.75) is 89.7 Å². The van der Waals surface area contributed by atoms with E-state index in [2.05, 4.69) is 12.2 Å². The van der Waals surface area contributed by atoms with Gasteiger partial charge in [0.05, 0.1) is 17.7 Å². The van der Waals surface area contributed by atoms with E-state index in [1.165, 1.54) is 48.8 Å². The lowest BCUT2D eigenvalue weighted by molar-refractivity contribution is -0.163. The Kier molecular flexibility index (Phi) is 9.48. The summed E-state index contributed by atoms with van der Waals surface area (Å²) in [7, 11) is 0. The monoisotopic (exact) mass is 620 g/mol. The summed E-state index contributed by atoms with van der Waals surface area (Å²) in [5.74, 6) is 0.0204. The third kappa shape index (κ3) is 6.48. The molecule has 1 aromatic heterocycles. The Balaban J connectivity index is 1.28. The summed E-state index contributed by atoms with van der Waals surface area (Å²) in [4.78, 5) is 45.0. The van der Waals surface area contributed by atoms with E-state index in [-0.39, 0.29) is 46.5 Å². The number of nitrogens with zero attached hydrogens (tertiary/aromatic N) is 3. The fourth-order valence-electron chi connectivity index (χ4n) is 8.71. The number of rotatable bonds is 7. The number of aliphatic hydroxyl groups is 1. The quantitative estimate of drug-likeness (QED) is 0.463. The molecule has 2 saturated heterocycles. The first-order valence-electron chi connectivity index (χ1n) is 17.2. The largest absolute Gasteiger partial charge is 0.387 e. The first kappa shape index (κ1) is 31.9. The molecule has 3 heterocycles. The molecule has 0 unspecified atom stereocenters. The molecule has 0 bridgehead atoms. The standard InChI is InChI=1S/C36H49FN4O4/c1-26(21-27-9-3-2-4-10-27)33(43)40-18-15-36(45,35(24-40)13-7-8-14-35)25-41-23-30(34(44)39-19-16-38-17-20-39)29(22-32(41)42)28-11-5-6-12-31(28)37/h5-6,11-12,22-23,26-27,38,45H,2-4,7-10,13-21,24-25H2,1H3/t26-,36+/m1/s1. The number of amides is 2. The van der Waals surface area contributed by atoms with Gasteiger partial charge in [-0.15, -0.1) is 0 Å². The highest BCUT2D eigenvalue weighted by molar-refractivity contribution is 6.00. The van der Waals surface area contributed by atoms with Crippen LogP contribution in [0, 0.1) is 23.1 Å². The Morgan fingerprint density at radius 3 is 2.40 bits per heavy atom. The minimum Gasteiger partial charge on any atom is -0.387 e. The first-order chi connectivity index (χ1) is 21.7. The van der Waals surface area contributed by atoms with Gasteiger partial charge in [-0.25, -0.2) is 4.39 Å². The second kappa shape index (κ2) is 13.4. The van der Waals surface area contributed by atoms with Crippen LogP contribution in [0.4, 0.5) is 4.39 Å². The van der Waals surface area contributed by atoms with Crippen LogP contribution in [0.15, 0.2) is 41.3 Å². The highest BCUT2D eigenvalue weighted by Crippen LogP contribution is 2.52. The Labute approximate surface area is 266 Å². The molecule has 244 valence electrons. The van der Waals surface area contributed by atoms with Gasteiger partial charge in [-0.2, -0.15) is 0 Å². The molecular formula is C36H49FN4O4. The van der Waals surface area contributed by atoms with Crippen molar-refractivity contribution in [1.82, 2.24) is 19.7 Å². The Hall–Kier alpha value is -3.04. The Bertz CT molecular complexity index is 1440. The van der Waals surface area contributed by atoms with Gasteiger partial charge in [-0.3, -0.25) is 14.4 Å². The maximum atomic E-state index is 15.0. The van der Waals surface area contributed by atoms with Crippen molar-refractivity contribution in [3.63, 3.8) is 0 Å². The number of hydrogen-bond acceptors (Lipinski definition) is 5. The van der Waals surface area contributed by atoms with Gasteiger partial charge in [-0.1, -0.05) is 70.1 Å². The molecule has 2 atom stereocenters. The van der Waals surface area contributed by atoms with Gasteiger partial charge in [0, 0.05) is 74.0 Å². The topological polar surface area (TPSA) is 94.9 Å². The molecule has 0 radical (unpaired) electrons. The highest BCUT2D eigenvalue weighted by atomic mass is 19.1. The number of piperidine rings is 1. The first-order valence-corrected chi connectivity index (χ1v) is 17.2. The van der Waals surface area contributed by atoms with Crippen LogP contribution >= 0.6 is 0 Å². The minimum absolute atomic E-state index is 0.0326. The van der Waals surface area contributed by atoms with Gasteiger partial charge in [0.15, 0.2) is 0 Å². The van der Waals surface area contributed by atoms with Gasteiger partial charge in [0.25, 0.3) is 11.5 Å². The molecule has 1 spiro atoms. The highest BCUT2D eigenvalue weighted by Gasteiger charge is 2.56. The lowest BCUT2D eigenvalue weighted by Crippen LogP contribution is -2.62. The number of aromatic nitrogens is 1. The molecule has 1 aromatic carbocycles. The molecule has 4 aliphatic rings. The van der Waals surface area contributed by atoms with Crippen molar-refractivity contribution in [2.75, 3.05) is 39.3 Å². The van der Waals surface area contributed by atoms with Crippen LogP contribution in [-0.2, 0) is 11.3 Å². The zero-order valence-electron chi connectivity index (χ0n) is 26.7. The molecular weight excluding hydrogens is 571 g/mol. The summed E-state index contributed by atoms with van der Waals surface area (Å²) in [6.07, 6.45) is 12.6. The maximum Gasteiger partial charge on any atom is 0.256 e. The maximum absolute atomic E-state index is 15.0. The summed E-state index contributed by atoms with van der Waals surface area (Å²) in [6, 6.07) is 7.55. The van der Waals surface area contributed by atoms with Crippen LogP contribution in [0.25, 0.3) is 11.1 Å². The molecule has 45 heavy (non-hydrogen) atoms. The Morgan fingerprint density at radius 2 is 1.69 bits per heavy atom. The third-order valence-electron chi connectivity index (χ3n) is 11.3. The second-order valence-corrected chi connectivity index (χ2v) is 14.3. The number of hydrogen-bond donors (Lipinski definition) is 2. The molecule has 2 N–H and O–H groups in total. The predicted octanol–water partition coefficient (Wildman–Crippen LogP) is 4.83. The average Bonchev–Trinajstić information content (AvgIpc) is 3.54. The van der Waals surface area contributed by atoms with Crippen LogP contribution in [0.3, 0.4) is 0 Å². The average molecular weight is 621 g/mol. The summed E-state index contributed by atoms with van der Waals surface area (Å²) >= 11 is 0. The lowest BCUT2D eigenvalue weighted by Gasteiger charge is -2.53. The molecule has 8 nitrogen and oxygen atoms in total. The van der Waals surface area contributed by atoms with Gasteiger partial charge in [-0.05, 0) is 37.7 Å². The van der Waals surface area contributed by atoms with E-state index in [0.29, 0.717) is 51.6 Å². The number of carbonyl (C=O) groups is 2. The summed E-state index contributed by atoms with van der Waals surface area (Å²) in [5, 5.41) is 15.7. The van der Waals surface area contributed by atoms with Crippen LogP contribution in [0.5, 0.6) is 0 Å². The van der Waals surface area contributed by atoms with E-state index in [4.69, 9.17) is 0 Å². The molecule has 2 amide bonds. The Morgan fingerprint density at radius 1 is 0.978 bits per heavy atom. The summed E-state index contributed by atoms with van der Waals surface area (Å²) in [6.45, 7) is 5.40. The van der Waals surface area contributed by atoms with Gasteiger partial charge < -0.3 is 24.8 Å². The zero-order chi connectivity index (χ0) is 31.6. The van der Waals surface area contributed by atoms with Crippen LogP contribution in [-0.4, -0.2) is 76.2 Å². The number of benzene rings is 1. The molecule has 2 aliphatic carbocycles. The number of nitrogens with one attached hydrogen (secondary N) is 1. The molecule has 2 aromatic rings. The number of carbonyl (C=O) groups excluding carboxylic acids is 2. The van der Waals surface area contributed by atoms with Crippen molar-refractivity contribution in [3.05, 3.63) is 58.3 Å². The van der Waals surface area contributed by atoms with Crippen LogP contribution in [0.2, 0.25) is 0 Å². The van der Waals surface area contributed by atoms with Gasteiger partial charge >= 0.3 is 0 Å². The van der Waals surface area contributed by atoms with E-state index in [9.17, 15) is 19.5 Å². The van der Waals surface area contributed by atoms with E-state index >= 15 is 4.39 Å². The van der Waals surface area contributed by atoms with Crippen LogP contribution < -0.4 is 10.9 Å². The molecule has 6 rings (SSSR count). The van der Waals surface area contributed by atoms with Gasteiger partial charge in [0.1, 0.15) is 5.82 Å². The predicted molar refractivity (Wildman–Crippen MR) is 172 cm³/mol. The zero-order valence-corrected chi connectivity index (χ0v) is 26.7. The van der Waals surface area contributed by atoms with Crippen molar-refractivity contribution >= 4 is 11.8 Å². The SMILES string of the molecule is C[C@H](CC1CCCCC1)C(=O)N1CC[C@](O)(Cn2cc(C(=O)N3CCNCC3)c(-c3ccccc3F)cc2=O)C2(CCCC2)C1. The van der Waals surface area contributed by atoms with Crippen molar-refractivity contribution < 1.29 is 19.1 Å². The van der Waals surface area contributed by atoms with Crippen molar-refractivity contribution in [2.24, 2.45) is 17.3 Å².